The van der Waals surface area contributed by atoms with Gasteiger partial charge in [-0.05, 0) is 51.5 Å². The molecule has 0 bridgehead atoms. The lowest BCUT2D eigenvalue weighted by molar-refractivity contribution is 0.935. The van der Waals surface area contributed by atoms with Crippen LogP contribution in [0.2, 0.25) is 0 Å². The van der Waals surface area contributed by atoms with Gasteiger partial charge in [0.05, 0.1) is 5.38 Å². The Hall–Kier alpha value is 0.170. The summed E-state index contributed by atoms with van der Waals surface area (Å²) in [5.41, 5.74) is 1.25. The number of rotatable bonds is 3. The second-order valence-corrected chi connectivity index (χ2v) is 6.68. The van der Waals surface area contributed by atoms with Gasteiger partial charge < -0.3 is 0 Å². The third-order valence-corrected chi connectivity index (χ3v) is 5.27. The summed E-state index contributed by atoms with van der Waals surface area (Å²) in [6, 6.07) is 10.3. The summed E-state index contributed by atoms with van der Waals surface area (Å²) >= 11 is 15.0. The second-order valence-electron chi connectivity index (χ2n) is 3.43. The highest BCUT2D eigenvalue weighted by atomic mass is 79.9. The molecule has 1 heterocycles. The van der Waals surface area contributed by atoms with Gasteiger partial charge in [-0.3, -0.25) is 0 Å². The van der Waals surface area contributed by atoms with Crippen LogP contribution in [0.1, 0.15) is 15.8 Å². The van der Waals surface area contributed by atoms with Gasteiger partial charge in [-0.15, -0.1) is 22.9 Å². The van der Waals surface area contributed by atoms with E-state index in [-0.39, 0.29) is 5.38 Å². The van der Waals surface area contributed by atoms with Crippen LogP contribution in [0, 0.1) is 0 Å². The van der Waals surface area contributed by atoms with Crippen LogP contribution in [0.4, 0.5) is 0 Å². The number of thiophene rings is 1. The van der Waals surface area contributed by atoms with Gasteiger partial charge in [0, 0.05) is 13.8 Å². The number of hydrogen-bond acceptors (Lipinski definition) is 1. The van der Waals surface area contributed by atoms with Crippen LogP contribution in [0.15, 0.2) is 44.7 Å². The molecule has 4 heteroatoms. The molecule has 84 valence electrons. The molecule has 0 fully saturated rings. The first kappa shape index (κ1) is 12.6. The predicted octanol–water partition coefficient (Wildman–Crippen LogP) is 5.80. The Bertz CT molecular complexity index is 464. The largest absolute Gasteiger partial charge is 0.146 e. The van der Waals surface area contributed by atoms with Gasteiger partial charge in [-0.1, -0.05) is 28.1 Å². The van der Waals surface area contributed by atoms with E-state index in [9.17, 15) is 0 Å². The van der Waals surface area contributed by atoms with Gasteiger partial charge in [0.2, 0.25) is 0 Å². The molecule has 2 aromatic rings. The average molecular weight is 381 g/mol. The quantitative estimate of drug-likeness (QED) is 0.591. The third-order valence-electron chi connectivity index (χ3n) is 2.26. The van der Waals surface area contributed by atoms with Crippen LogP contribution in [-0.4, -0.2) is 0 Å². The summed E-state index contributed by atoms with van der Waals surface area (Å²) in [6.07, 6.45) is 0.855. The van der Waals surface area contributed by atoms with Crippen LogP contribution in [0.5, 0.6) is 0 Å². The fraction of sp³-hybridized carbons (Fsp3) is 0.167. The molecule has 16 heavy (non-hydrogen) atoms. The molecule has 0 aliphatic carbocycles. The van der Waals surface area contributed by atoms with Gasteiger partial charge in [-0.25, -0.2) is 0 Å². The number of hydrogen-bond donors (Lipinski definition) is 0. The van der Waals surface area contributed by atoms with Gasteiger partial charge >= 0.3 is 0 Å². The Morgan fingerprint density at radius 3 is 2.38 bits per heavy atom. The zero-order valence-corrected chi connectivity index (χ0v) is 13.0. The Kier molecular flexibility index (Phi) is 4.48. The van der Waals surface area contributed by atoms with E-state index in [1.165, 1.54) is 10.4 Å². The molecule has 0 radical (unpaired) electrons. The maximum Gasteiger partial charge on any atom is 0.0730 e. The Morgan fingerprint density at radius 1 is 1.12 bits per heavy atom. The molecule has 2 rings (SSSR count). The number of alkyl halides is 1. The van der Waals surface area contributed by atoms with Crippen molar-refractivity contribution in [2.45, 2.75) is 11.8 Å². The van der Waals surface area contributed by atoms with Crippen molar-refractivity contribution in [3.8, 4) is 0 Å². The molecule has 0 nitrogen and oxygen atoms in total. The summed E-state index contributed by atoms with van der Waals surface area (Å²) in [6.45, 7) is 0. The fourth-order valence-electron chi connectivity index (χ4n) is 1.45. The van der Waals surface area contributed by atoms with Gasteiger partial charge in [0.1, 0.15) is 0 Å². The van der Waals surface area contributed by atoms with E-state index < -0.39 is 0 Å². The maximum atomic E-state index is 6.40. The van der Waals surface area contributed by atoms with Crippen molar-refractivity contribution < 1.29 is 0 Å². The van der Waals surface area contributed by atoms with Crippen molar-refractivity contribution in [1.29, 1.82) is 0 Å². The highest BCUT2D eigenvalue weighted by Gasteiger charge is 2.13. The van der Waals surface area contributed by atoms with Crippen LogP contribution in [0.3, 0.4) is 0 Å². The van der Waals surface area contributed by atoms with E-state index in [1.807, 2.05) is 18.2 Å². The summed E-state index contributed by atoms with van der Waals surface area (Å²) < 4.78 is 2.20. The molecule has 0 spiro atoms. The molecule has 1 aromatic carbocycles. The minimum Gasteiger partial charge on any atom is -0.146 e. The van der Waals surface area contributed by atoms with Crippen LogP contribution in [-0.2, 0) is 6.42 Å². The van der Waals surface area contributed by atoms with Crippen molar-refractivity contribution in [1.82, 2.24) is 0 Å². The van der Waals surface area contributed by atoms with E-state index in [0.717, 1.165) is 15.4 Å². The molecule has 0 saturated heterocycles. The molecule has 1 unspecified atom stereocenters. The topological polar surface area (TPSA) is 0 Å². The lowest BCUT2D eigenvalue weighted by Gasteiger charge is -2.08. The molecule has 0 aliphatic rings. The van der Waals surface area contributed by atoms with Crippen LogP contribution in [0.25, 0.3) is 0 Å². The van der Waals surface area contributed by atoms with Crippen molar-refractivity contribution >= 4 is 54.8 Å². The van der Waals surface area contributed by atoms with Gasteiger partial charge in [0.25, 0.3) is 0 Å². The first-order valence-corrected chi connectivity index (χ1v) is 7.68. The third kappa shape index (κ3) is 3.10. The van der Waals surface area contributed by atoms with Gasteiger partial charge in [0.15, 0.2) is 0 Å². The Balaban J connectivity index is 2.10. The van der Waals surface area contributed by atoms with Gasteiger partial charge in [-0.2, -0.15) is 0 Å². The highest BCUT2D eigenvalue weighted by molar-refractivity contribution is 9.10. The predicted molar refractivity (Wildman–Crippen MR) is 78.5 cm³/mol. The molecule has 0 saturated carbocycles. The summed E-state index contributed by atoms with van der Waals surface area (Å²) in [5.74, 6) is 0. The van der Waals surface area contributed by atoms with Crippen molar-refractivity contribution in [3.05, 3.63) is 55.1 Å². The first-order valence-electron chi connectivity index (χ1n) is 4.78. The molecule has 1 aromatic heterocycles. The van der Waals surface area contributed by atoms with Crippen LogP contribution >= 0.6 is 54.8 Å². The van der Waals surface area contributed by atoms with Crippen molar-refractivity contribution in [3.63, 3.8) is 0 Å². The number of halogens is 3. The zero-order valence-electron chi connectivity index (χ0n) is 8.29. The summed E-state index contributed by atoms with van der Waals surface area (Å²) in [5, 5.41) is 2.09. The van der Waals surface area contributed by atoms with Crippen LogP contribution < -0.4 is 0 Å². The molecule has 0 amide bonds. The normalized spacial score (nSPS) is 12.7. The van der Waals surface area contributed by atoms with E-state index in [2.05, 4.69) is 49.4 Å². The van der Waals surface area contributed by atoms with E-state index in [0.29, 0.717) is 0 Å². The fourth-order valence-corrected chi connectivity index (χ4v) is 3.92. The number of benzene rings is 1. The van der Waals surface area contributed by atoms with Crippen molar-refractivity contribution in [2.75, 3.05) is 0 Å². The standard InChI is InChI=1S/C12H9Br2ClS/c13-9-3-1-8(2-4-9)7-11(15)12-10(14)5-6-16-12/h1-6,11H,7H2. The second kappa shape index (κ2) is 5.67. The van der Waals surface area contributed by atoms with E-state index in [4.69, 9.17) is 11.6 Å². The zero-order chi connectivity index (χ0) is 11.5. The van der Waals surface area contributed by atoms with E-state index in [1.54, 1.807) is 11.3 Å². The smallest absolute Gasteiger partial charge is 0.0730 e. The maximum absolute atomic E-state index is 6.40. The summed E-state index contributed by atoms with van der Waals surface area (Å²) in [7, 11) is 0. The minimum atomic E-state index is 0.0375. The Morgan fingerprint density at radius 2 is 1.81 bits per heavy atom. The summed E-state index contributed by atoms with van der Waals surface area (Å²) in [4.78, 5) is 1.20. The molecular weight excluding hydrogens is 371 g/mol. The van der Waals surface area contributed by atoms with E-state index >= 15 is 0 Å². The highest BCUT2D eigenvalue weighted by Crippen LogP contribution is 2.35. The molecule has 0 N–H and O–H groups in total. The lowest BCUT2D eigenvalue weighted by atomic mass is 10.1. The lowest BCUT2D eigenvalue weighted by Crippen LogP contribution is -1.93. The molecule has 0 aliphatic heterocycles. The molecule has 1 atom stereocenters. The average Bonchev–Trinajstić information content (AvgIpc) is 2.68. The monoisotopic (exact) mass is 378 g/mol. The SMILES string of the molecule is ClC(Cc1ccc(Br)cc1)c1sccc1Br. The Labute approximate surface area is 121 Å². The molecular formula is C12H9Br2ClS. The minimum absolute atomic E-state index is 0.0375. The van der Waals surface area contributed by atoms with Crippen molar-refractivity contribution in [2.24, 2.45) is 0 Å². The first-order chi connectivity index (χ1) is 7.66.